The maximum absolute atomic E-state index is 5.45. The van der Waals surface area contributed by atoms with Crippen LogP contribution in [0.2, 0.25) is 0 Å². The molecule has 0 bridgehead atoms. The van der Waals surface area contributed by atoms with Crippen molar-refractivity contribution in [3.05, 3.63) is 23.6 Å². The number of aromatic nitrogens is 5. The summed E-state index contributed by atoms with van der Waals surface area (Å²) in [5.41, 5.74) is 6.19. The first-order valence-electron chi connectivity index (χ1n) is 5.58. The first kappa shape index (κ1) is 11.7. The second kappa shape index (κ2) is 5.05. The predicted molar refractivity (Wildman–Crippen MR) is 59.9 cm³/mol. The van der Waals surface area contributed by atoms with Gasteiger partial charge in [0.15, 0.2) is 5.82 Å². The Labute approximate surface area is 99.0 Å². The maximum Gasteiger partial charge on any atom is 0.248 e. The van der Waals surface area contributed by atoms with Crippen molar-refractivity contribution in [3.8, 4) is 0 Å². The molecule has 2 rings (SSSR count). The van der Waals surface area contributed by atoms with Crippen LogP contribution >= 0.6 is 0 Å². The summed E-state index contributed by atoms with van der Waals surface area (Å²) in [4.78, 5) is 4.28. The first-order valence-corrected chi connectivity index (χ1v) is 5.58. The van der Waals surface area contributed by atoms with Crippen molar-refractivity contribution < 1.29 is 4.52 Å². The highest BCUT2D eigenvalue weighted by molar-refractivity contribution is 4.93. The minimum Gasteiger partial charge on any atom is -0.337 e. The SMILES string of the molecule is CC(C)Cc1noc(Cn2cc(CN)nn2)n1. The third-order valence-corrected chi connectivity index (χ3v) is 2.19. The van der Waals surface area contributed by atoms with E-state index >= 15 is 0 Å². The zero-order chi connectivity index (χ0) is 12.3. The monoisotopic (exact) mass is 236 g/mol. The van der Waals surface area contributed by atoms with E-state index in [2.05, 4.69) is 34.3 Å². The second-order valence-corrected chi connectivity index (χ2v) is 4.31. The Kier molecular flexibility index (Phi) is 3.48. The van der Waals surface area contributed by atoms with Crippen LogP contribution in [0, 0.1) is 5.92 Å². The molecule has 0 saturated carbocycles. The molecule has 0 radical (unpaired) electrons. The van der Waals surface area contributed by atoms with Crippen LogP contribution in [0.4, 0.5) is 0 Å². The summed E-state index contributed by atoms with van der Waals surface area (Å²) in [5.74, 6) is 1.78. The van der Waals surface area contributed by atoms with Gasteiger partial charge < -0.3 is 10.3 Å². The van der Waals surface area contributed by atoms with Gasteiger partial charge in [-0.25, -0.2) is 4.68 Å². The zero-order valence-electron chi connectivity index (χ0n) is 10.00. The molecule has 0 aliphatic carbocycles. The number of hydrogen-bond acceptors (Lipinski definition) is 6. The van der Waals surface area contributed by atoms with E-state index in [0.717, 1.165) is 17.9 Å². The highest BCUT2D eigenvalue weighted by Crippen LogP contribution is 2.05. The molecule has 0 spiro atoms. The van der Waals surface area contributed by atoms with Gasteiger partial charge in [0.2, 0.25) is 5.89 Å². The van der Waals surface area contributed by atoms with Crippen LogP contribution in [0.3, 0.4) is 0 Å². The molecule has 0 fully saturated rings. The van der Waals surface area contributed by atoms with Gasteiger partial charge in [-0.15, -0.1) is 5.10 Å². The third kappa shape index (κ3) is 3.10. The van der Waals surface area contributed by atoms with Gasteiger partial charge in [0, 0.05) is 13.0 Å². The lowest BCUT2D eigenvalue weighted by molar-refractivity contribution is 0.358. The second-order valence-electron chi connectivity index (χ2n) is 4.31. The average molecular weight is 236 g/mol. The van der Waals surface area contributed by atoms with Gasteiger partial charge in [-0.1, -0.05) is 24.2 Å². The van der Waals surface area contributed by atoms with E-state index in [0.29, 0.717) is 24.9 Å². The van der Waals surface area contributed by atoms with E-state index < -0.39 is 0 Å². The normalized spacial score (nSPS) is 11.3. The molecule has 7 heteroatoms. The van der Waals surface area contributed by atoms with Gasteiger partial charge in [-0.05, 0) is 5.92 Å². The molecule has 0 aromatic carbocycles. The van der Waals surface area contributed by atoms with Crippen LogP contribution in [0.25, 0.3) is 0 Å². The van der Waals surface area contributed by atoms with Crippen molar-refractivity contribution in [1.29, 1.82) is 0 Å². The zero-order valence-corrected chi connectivity index (χ0v) is 10.00. The van der Waals surface area contributed by atoms with Gasteiger partial charge in [0.25, 0.3) is 0 Å². The van der Waals surface area contributed by atoms with Crippen LogP contribution in [-0.4, -0.2) is 25.1 Å². The summed E-state index contributed by atoms with van der Waals surface area (Å²) in [7, 11) is 0. The minimum atomic E-state index is 0.377. The molecular weight excluding hydrogens is 220 g/mol. The largest absolute Gasteiger partial charge is 0.337 e. The van der Waals surface area contributed by atoms with Crippen LogP contribution in [0.5, 0.6) is 0 Å². The molecule has 2 N–H and O–H groups in total. The Balaban J connectivity index is 2.01. The lowest BCUT2D eigenvalue weighted by Crippen LogP contribution is -2.02. The van der Waals surface area contributed by atoms with E-state index in [9.17, 15) is 0 Å². The Hall–Kier alpha value is -1.76. The van der Waals surface area contributed by atoms with Crippen molar-refractivity contribution in [2.45, 2.75) is 33.4 Å². The summed E-state index contributed by atoms with van der Waals surface area (Å²) >= 11 is 0. The fourth-order valence-electron chi connectivity index (χ4n) is 1.45. The number of hydrogen-bond donors (Lipinski definition) is 1. The van der Waals surface area contributed by atoms with Gasteiger partial charge in [0.1, 0.15) is 6.54 Å². The standard InChI is InChI=1S/C10H16N6O/c1-7(2)3-9-12-10(17-14-9)6-16-5-8(4-11)13-15-16/h5,7H,3-4,6,11H2,1-2H3. The molecule has 92 valence electrons. The van der Waals surface area contributed by atoms with E-state index in [4.69, 9.17) is 10.3 Å². The molecule has 0 aliphatic heterocycles. The number of nitrogens with zero attached hydrogens (tertiary/aromatic N) is 5. The molecule has 0 amide bonds. The Bertz CT molecular complexity index is 475. The lowest BCUT2D eigenvalue weighted by atomic mass is 10.1. The molecule has 2 aromatic rings. The van der Waals surface area contributed by atoms with E-state index in [1.54, 1.807) is 10.9 Å². The van der Waals surface area contributed by atoms with Crippen molar-refractivity contribution in [3.63, 3.8) is 0 Å². The van der Waals surface area contributed by atoms with Crippen LogP contribution in [0.15, 0.2) is 10.7 Å². The highest BCUT2D eigenvalue weighted by atomic mass is 16.5. The van der Waals surface area contributed by atoms with Gasteiger partial charge in [0.05, 0.1) is 11.9 Å². The van der Waals surface area contributed by atoms with Crippen molar-refractivity contribution >= 4 is 0 Å². The van der Waals surface area contributed by atoms with Crippen molar-refractivity contribution in [2.75, 3.05) is 0 Å². The molecule has 0 unspecified atom stereocenters. The lowest BCUT2D eigenvalue weighted by Gasteiger charge is -1.96. The first-order chi connectivity index (χ1) is 8.17. The Morgan fingerprint density at radius 2 is 2.29 bits per heavy atom. The van der Waals surface area contributed by atoms with Crippen LogP contribution < -0.4 is 5.73 Å². The highest BCUT2D eigenvalue weighted by Gasteiger charge is 2.09. The smallest absolute Gasteiger partial charge is 0.248 e. The van der Waals surface area contributed by atoms with Crippen molar-refractivity contribution in [1.82, 2.24) is 25.1 Å². The van der Waals surface area contributed by atoms with Gasteiger partial charge in [-0.2, -0.15) is 4.98 Å². The molecule has 7 nitrogen and oxygen atoms in total. The molecule has 0 saturated heterocycles. The molecule has 2 heterocycles. The summed E-state index contributed by atoms with van der Waals surface area (Å²) in [6, 6.07) is 0. The van der Waals surface area contributed by atoms with E-state index in [1.165, 1.54) is 0 Å². The van der Waals surface area contributed by atoms with Crippen LogP contribution in [0.1, 0.15) is 31.3 Å². The number of rotatable bonds is 5. The topological polar surface area (TPSA) is 95.7 Å². The maximum atomic E-state index is 5.45. The molecule has 0 atom stereocenters. The summed E-state index contributed by atoms with van der Waals surface area (Å²) < 4.78 is 6.77. The number of nitrogens with two attached hydrogens (primary N) is 1. The molecule has 0 aliphatic rings. The summed E-state index contributed by atoms with van der Waals surface area (Å²) in [6.45, 7) is 5.03. The fraction of sp³-hybridized carbons (Fsp3) is 0.600. The molecule has 2 aromatic heterocycles. The van der Waals surface area contributed by atoms with Gasteiger partial charge in [-0.3, -0.25) is 0 Å². The molecular formula is C10H16N6O. The summed E-state index contributed by atoms with van der Waals surface area (Å²) in [5, 5.41) is 11.7. The minimum absolute atomic E-state index is 0.377. The predicted octanol–water partition coefficient (Wildman–Crippen LogP) is 0.367. The van der Waals surface area contributed by atoms with E-state index in [1.807, 2.05) is 0 Å². The third-order valence-electron chi connectivity index (χ3n) is 2.19. The van der Waals surface area contributed by atoms with E-state index in [-0.39, 0.29) is 0 Å². The van der Waals surface area contributed by atoms with Crippen LogP contribution in [-0.2, 0) is 19.5 Å². The van der Waals surface area contributed by atoms with Gasteiger partial charge >= 0.3 is 0 Å². The quantitative estimate of drug-likeness (QED) is 0.805. The average Bonchev–Trinajstić information content (AvgIpc) is 2.88. The fourth-order valence-corrected chi connectivity index (χ4v) is 1.45. The Morgan fingerprint density at radius 1 is 1.47 bits per heavy atom. The Morgan fingerprint density at radius 3 is 2.94 bits per heavy atom. The van der Waals surface area contributed by atoms with Crippen molar-refractivity contribution in [2.24, 2.45) is 11.7 Å². The molecule has 17 heavy (non-hydrogen) atoms. The summed E-state index contributed by atoms with van der Waals surface area (Å²) in [6.07, 6.45) is 2.58.